The fourth-order valence-electron chi connectivity index (χ4n) is 1.12. The lowest BCUT2D eigenvalue weighted by Crippen LogP contribution is -2.07. The highest BCUT2D eigenvalue weighted by Gasteiger charge is 2.11. The number of halogens is 1. The second kappa shape index (κ2) is 4.53. The summed E-state index contributed by atoms with van der Waals surface area (Å²) in [5.41, 5.74) is 0. The van der Waals surface area contributed by atoms with E-state index in [4.69, 9.17) is 10.7 Å². The smallest absolute Gasteiger partial charge is 0.208 e. The Labute approximate surface area is 81.8 Å². The van der Waals surface area contributed by atoms with Crippen LogP contribution in [0.25, 0.3) is 0 Å². The molecule has 1 unspecified atom stereocenters. The highest BCUT2D eigenvalue weighted by Crippen LogP contribution is 2.23. The molecular weight excluding hydrogens is 216 g/mol. The molecule has 0 saturated carbocycles. The van der Waals surface area contributed by atoms with Crippen LogP contribution in [0.2, 0.25) is 0 Å². The summed E-state index contributed by atoms with van der Waals surface area (Å²) in [4.78, 5) is 0. The van der Waals surface area contributed by atoms with Gasteiger partial charge in [-0.2, -0.15) is 11.8 Å². The lowest BCUT2D eigenvalue weighted by molar-refractivity contribution is 0.613. The van der Waals surface area contributed by atoms with Crippen molar-refractivity contribution < 1.29 is 8.42 Å². The molecule has 1 saturated heterocycles. The van der Waals surface area contributed by atoms with Crippen LogP contribution in [-0.4, -0.2) is 19.9 Å². The van der Waals surface area contributed by atoms with Crippen LogP contribution in [-0.2, 0) is 9.05 Å². The van der Waals surface area contributed by atoms with Crippen LogP contribution in [0.3, 0.4) is 0 Å². The minimum atomic E-state index is -3.44. The Bertz CT molecular complexity index is 253. The number of allylic oxidation sites excluding steroid dienone is 1. The third-order valence-corrected chi connectivity index (χ3v) is 3.74. The minimum Gasteiger partial charge on any atom is -0.208 e. The van der Waals surface area contributed by atoms with Crippen molar-refractivity contribution in [3.8, 4) is 0 Å². The molecule has 1 atom stereocenters. The van der Waals surface area contributed by atoms with E-state index < -0.39 is 9.05 Å². The Balaban J connectivity index is 2.44. The molecular formula is C7H11ClO2S2. The van der Waals surface area contributed by atoms with E-state index in [-0.39, 0.29) is 0 Å². The normalized spacial score (nSPS) is 26.2. The van der Waals surface area contributed by atoms with E-state index in [0.29, 0.717) is 5.92 Å². The third kappa shape index (κ3) is 4.38. The van der Waals surface area contributed by atoms with Crippen molar-refractivity contribution in [3.05, 3.63) is 11.5 Å². The maximum atomic E-state index is 10.5. The molecule has 1 heterocycles. The van der Waals surface area contributed by atoms with Gasteiger partial charge in [0, 0.05) is 16.1 Å². The zero-order chi connectivity index (χ0) is 9.03. The van der Waals surface area contributed by atoms with Gasteiger partial charge in [0.25, 0.3) is 9.05 Å². The fourth-order valence-corrected chi connectivity index (χ4v) is 2.83. The third-order valence-electron chi connectivity index (χ3n) is 1.71. The van der Waals surface area contributed by atoms with Crippen molar-refractivity contribution in [3.63, 3.8) is 0 Å². The summed E-state index contributed by atoms with van der Waals surface area (Å²) in [6.45, 7) is 0. The van der Waals surface area contributed by atoms with Crippen LogP contribution in [0.4, 0.5) is 0 Å². The molecule has 70 valence electrons. The molecule has 0 aromatic rings. The first-order valence-electron chi connectivity index (χ1n) is 3.78. The Morgan fingerprint density at radius 1 is 1.50 bits per heavy atom. The topological polar surface area (TPSA) is 34.1 Å². The van der Waals surface area contributed by atoms with Gasteiger partial charge in [-0.25, -0.2) is 8.42 Å². The number of hydrogen-bond donors (Lipinski definition) is 0. The predicted molar refractivity (Wildman–Crippen MR) is 54.0 cm³/mol. The van der Waals surface area contributed by atoms with Crippen LogP contribution in [0, 0.1) is 5.92 Å². The van der Waals surface area contributed by atoms with E-state index in [2.05, 4.69) is 0 Å². The molecule has 1 aliphatic heterocycles. The first kappa shape index (κ1) is 10.4. The summed E-state index contributed by atoms with van der Waals surface area (Å²) < 4.78 is 21.1. The highest BCUT2D eigenvalue weighted by atomic mass is 35.7. The molecule has 1 aliphatic rings. The average molecular weight is 227 g/mol. The maximum absolute atomic E-state index is 10.5. The van der Waals surface area contributed by atoms with E-state index in [1.54, 1.807) is 6.08 Å². The zero-order valence-electron chi connectivity index (χ0n) is 6.57. The quantitative estimate of drug-likeness (QED) is 0.678. The second-order valence-corrected chi connectivity index (χ2v) is 6.44. The molecule has 1 fully saturated rings. The van der Waals surface area contributed by atoms with Gasteiger partial charge in [-0.15, -0.1) is 0 Å². The summed E-state index contributed by atoms with van der Waals surface area (Å²) >= 11 is 1.86. The molecule has 0 aliphatic carbocycles. The lowest BCUT2D eigenvalue weighted by atomic mass is 10.1. The van der Waals surface area contributed by atoms with Gasteiger partial charge in [-0.3, -0.25) is 0 Å². The van der Waals surface area contributed by atoms with Crippen LogP contribution in [0.1, 0.15) is 12.8 Å². The number of thioether (sulfide) groups is 1. The van der Waals surface area contributed by atoms with Crippen LogP contribution >= 0.6 is 22.4 Å². The highest BCUT2D eigenvalue weighted by molar-refractivity contribution is 8.16. The summed E-state index contributed by atoms with van der Waals surface area (Å²) in [5, 5.41) is 1.10. The number of rotatable bonds is 2. The average Bonchev–Trinajstić information content (AvgIpc) is 2.02. The van der Waals surface area contributed by atoms with Crippen LogP contribution in [0.5, 0.6) is 0 Å². The van der Waals surface area contributed by atoms with Gasteiger partial charge >= 0.3 is 0 Å². The Hall–Kier alpha value is 0.330. The summed E-state index contributed by atoms with van der Waals surface area (Å²) in [6.07, 6.45) is 3.95. The summed E-state index contributed by atoms with van der Waals surface area (Å²) in [6, 6.07) is 0. The second-order valence-electron chi connectivity index (χ2n) is 2.78. The molecule has 0 spiro atoms. The monoisotopic (exact) mass is 226 g/mol. The Kier molecular flexibility index (Phi) is 3.93. The van der Waals surface area contributed by atoms with E-state index in [9.17, 15) is 8.42 Å². The van der Waals surface area contributed by atoms with Gasteiger partial charge in [0.1, 0.15) is 0 Å². The molecule has 0 aromatic carbocycles. The molecule has 0 amide bonds. The van der Waals surface area contributed by atoms with Gasteiger partial charge in [0.05, 0.1) is 0 Å². The van der Waals surface area contributed by atoms with Gasteiger partial charge < -0.3 is 0 Å². The lowest BCUT2D eigenvalue weighted by Gasteiger charge is -2.16. The minimum absolute atomic E-state index is 0.386. The molecule has 0 aromatic heterocycles. The van der Waals surface area contributed by atoms with E-state index in [0.717, 1.165) is 17.6 Å². The van der Waals surface area contributed by atoms with Gasteiger partial charge in [0.2, 0.25) is 0 Å². The van der Waals surface area contributed by atoms with Crippen LogP contribution < -0.4 is 0 Å². The zero-order valence-corrected chi connectivity index (χ0v) is 8.96. The van der Waals surface area contributed by atoms with Gasteiger partial charge in [-0.05, 0) is 30.3 Å². The van der Waals surface area contributed by atoms with Gasteiger partial charge in [0.15, 0.2) is 0 Å². The molecule has 0 radical (unpaired) electrons. The van der Waals surface area contributed by atoms with Crippen molar-refractivity contribution in [2.45, 2.75) is 12.8 Å². The number of hydrogen-bond acceptors (Lipinski definition) is 3. The summed E-state index contributed by atoms with van der Waals surface area (Å²) in [7, 11) is 1.59. The summed E-state index contributed by atoms with van der Waals surface area (Å²) in [5.74, 6) is 2.60. The van der Waals surface area contributed by atoms with Crippen molar-refractivity contribution in [2.24, 2.45) is 5.92 Å². The molecule has 0 bridgehead atoms. The molecule has 12 heavy (non-hydrogen) atoms. The van der Waals surface area contributed by atoms with Crippen molar-refractivity contribution in [1.82, 2.24) is 0 Å². The molecule has 2 nitrogen and oxygen atoms in total. The first-order chi connectivity index (χ1) is 5.58. The fraction of sp³-hybridized carbons (Fsp3) is 0.714. The van der Waals surface area contributed by atoms with E-state index >= 15 is 0 Å². The Morgan fingerprint density at radius 3 is 2.75 bits per heavy atom. The van der Waals surface area contributed by atoms with E-state index in [1.165, 1.54) is 12.2 Å². The maximum Gasteiger partial charge on any atom is 0.254 e. The molecule has 5 heteroatoms. The SMILES string of the molecule is O=S(=O)(Cl)/C=C\C1CCCSC1. The predicted octanol–water partition coefficient (Wildman–Crippen LogP) is 2.21. The van der Waals surface area contributed by atoms with Crippen molar-refractivity contribution >= 4 is 31.5 Å². The first-order valence-corrected chi connectivity index (χ1v) is 7.31. The molecule has 1 rings (SSSR count). The molecule has 0 N–H and O–H groups in total. The van der Waals surface area contributed by atoms with Crippen molar-refractivity contribution in [2.75, 3.05) is 11.5 Å². The van der Waals surface area contributed by atoms with Crippen LogP contribution in [0.15, 0.2) is 11.5 Å². The van der Waals surface area contributed by atoms with E-state index in [1.807, 2.05) is 11.8 Å². The van der Waals surface area contributed by atoms with Gasteiger partial charge in [-0.1, -0.05) is 6.08 Å². The largest absolute Gasteiger partial charge is 0.254 e. The van der Waals surface area contributed by atoms with Crippen molar-refractivity contribution in [1.29, 1.82) is 0 Å². The standard InChI is InChI=1S/C7H11ClO2S2/c8-12(9,10)5-3-7-2-1-4-11-6-7/h3,5,7H,1-2,4,6H2/b5-3-. The Morgan fingerprint density at radius 2 is 2.25 bits per heavy atom.